The maximum Gasteiger partial charge on any atom is 0.238 e. The Bertz CT molecular complexity index is 679. The predicted molar refractivity (Wildman–Crippen MR) is 82.9 cm³/mol. The molecule has 0 aliphatic rings. The van der Waals surface area contributed by atoms with E-state index in [0.717, 1.165) is 17.7 Å². The van der Waals surface area contributed by atoms with Crippen molar-refractivity contribution < 1.29 is 13.6 Å². The van der Waals surface area contributed by atoms with Gasteiger partial charge in [0.2, 0.25) is 5.91 Å². The molecular formula is C16H15ClF2N2O. The number of hydrogen-bond acceptors (Lipinski definition) is 2. The SMILES string of the molecule is C[C@H](NCC(=O)Nc1ccc(F)cc1F)c1cccc(Cl)c1. The van der Waals surface area contributed by atoms with Gasteiger partial charge in [0.25, 0.3) is 0 Å². The summed E-state index contributed by atoms with van der Waals surface area (Å²) in [5.74, 6) is -1.92. The van der Waals surface area contributed by atoms with Gasteiger partial charge < -0.3 is 10.6 Å². The van der Waals surface area contributed by atoms with Crippen LogP contribution in [0.25, 0.3) is 0 Å². The first-order chi connectivity index (χ1) is 10.5. The van der Waals surface area contributed by atoms with Gasteiger partial charge in [0, 0.05) is 17.1 Å². The summed E-state index contributed by atoms with van der Waals surface area (Å²) in [5.41, 5.74) is 0.886. The number of hydrogen-bond donors (Lipinski definition) is 2. The molecule has 0 spiro atoms. The molecule has 0 fully saturated rings. The molecule has 1 amide bonds. The minimum Gasteiger partial charge on any atom is -0.322 e. The lowest BCUT2D eigenvalue weighted by Gasteiger charge is -2.14. The fraction of sp³-hybridized carbons (Fsp3) is 0.188. The van der Waals surface area contributed by atoms with E-state index in [9.17, 15) is 13.6 Å². The Labute approximate surface area is 132 Å². The zero-order valence-electron chi connectivity index (χ0n) is 11.9. The van der Waals surface area contributed by atoms with E-state index in [1.54, 1.807) is 12.1 Å². The van der Waals surface area contributed by atoms with Gasteiger partial charge in [0.05, 0.1) is 12.2 Å². The van der Waals surface area contributed by atoms with Gasteiger partial charge in [0.15, 0.2) is 0 Å². The maximum absolute atomic E-state index is 13.4. The Morgan fingerprint density at radius 1 is 1.23 bits per heavy atom. The molecule has 6 heteroatoms. The summed E-state index contributed by atoms with van der Waals surface area (Å²) < 4.78 is 26.2. The topological polar surface area (TPSA) is 41.1 Å². The molecule has 0 unspecified atom stereocenters. The van der Waals surface area contributed by atoms with Gasteiger partial charge in [-0.2, -0.15) is 0 Å². The summed E-state index contributed by atoms with van der Waals surface area (Å²) in [6, 6.07) is 10.2. The normalized spacial score (nSPS) is 12.0. The van der Waals surface area contributed by atoms with Crippen LogP contribution in [0.2, 0.25) is 5.02 Å². The Morgan fingerprint density at radius 3 is 2.68 bits per heavy atom. The quantitative estimate of drug-likeness (QED) is 0.875. The molecule has 2 rings (SSSR count). The predicted octanol–water partition coefficient (Wildman–Crippen LogP) is 3.91. The Hall–Kier alpha value is -1.98. The number of carbonyl (C=O) groups excluding carboxylic acids is 1. The van der Waals surface area contributed by atoms with Crippen molar-refractivity contribution in [2.75, 3.05) is 11.9 Å². The van der Waals surface area contributed by atoms with Crippen LogP contribution in [-0.4, -0.2) is 12.5 Å². The summed E-state index contributed by atoms with van der Waals surface area (Å²) in [4.78, 5) is 11.8. The molecule has 1 atom stereocenters. The highest BCUT2D eigenvalue weighted by atomic mass is 35.5. The van der Waals surface area contributed by atoms with Crippen LogP contribution in [-0.2, 0) is 4.79 Å². The standard InChI is InChI=1S/C16H15ClF2N2O/c1-10(11-3-2-4-12(17)7-11)20-9-16(22)21-15-6-5-13(18)8-14(15)19/h2-8,10,20H,9H2,1H3,(H,21,22)/t10-/m0/s1. The minimum atomic E-state index is -0.809. The third-order valence-corrected chi connectivity index (χ3v) is 3.36. The average molecular weight is 325 g/mol. The highest BCUT2D eigenvalue weighted by Crippen LogP contribution is 2.17. The van der Waals surface area contributed by atoms with Crippen LogP contribution in [0, 0.1) is 11.6 Å². The largest absolute Gasteiger partial charge is 0.322 e. The number of rotatable bonds is 5. The summed E-state index contributed by atoms with van der Waals surface area (Å²) in [6.45, 7) is 1.88. The fourth-order valence-electron chi connectivity index (χ4n) is 1.92. The molecule has 0 aliphatic carbocycles. The maximum atomic E-state index is 13.4. The second-order valence-electron chi connectivity index (χ2n) is 4.83. The van der Waals surface area contributed by atoms with E-state index in [0.29, 0.717) is 5.02 Å². The molecule has 0 aromatic heterocycles. The van der Waals surface area contributed by atoms with E-state index < -0.39 is 17.5 Å². The van der Waals surface area contributed by atoms with Crippen LogP contribution in [0.3, 0.4) is 0 Å². The van der Waals surface area contributed by atoms with Gasteiger partial charge in [-0.3, -0.25) is 4.79 Å². The lowest BCUT2D eigenvalue weighted by molar-refractivity contribution is -0.115. The van der Waals surface area contributed by atoms with Gasteiger partial charge >= 0.3 is 0 Å². The fourth-order valence-corrected chi connectivity index (χ4v) is 2.12. The zero-order chi connectivity index (χ0) is 16.1. The second-order valence-corrected chi connectivity index (χ2v) is 5.27. The van der Waals surface area contributed by atoms with Crippen molar-refractivity contribution in [2.24, 2.45) is 0 Å². The molecule has 22 heavy (non-hydrogen) atoms. The van der Waals surface area contributed by atoms with Gasteiger partial charge in [-0.1, -0.05) is 23.7 Å². The first-order valence-corrected chi connectivity index (χ1v) is 7.07. The number of anilines is 1. The molecule has 116 valence electrons. The van der Waals surface area contributed by atoms with Gasteiger partial charge in [0.1, 0.15) is 11.6 Å². The summed E-state index contributed by atoms with van der Waals surface area (Å²) in [5, 5.41) is 6.01. The molecular weight excluding hydrogens is 310 g/mol. The van der Waals surface area contributed by atoms with E-state index >= 15 is 0 Å². The molecule has 2 aromatic carbocycles. The summed E-state index contributed by atoms with van der Waals surface area (Å²) >= 11 is 5.91. The number of nitrogens with one attached hydrogen (secondary N) is 2. The van der Waals surface area contributed by atoms with Crippen LogP contribution in [0.15, 0.2) is 42.5 Å². The molecule has 0 bridgehead atoms. The lowest BCUT2D eigenvalue weighted by atomic mass is 10.1. The van der Waals surface area contributed by atoms with E-state index in [1.807, 2.05) is 19.1 Å². The first-order valence-electron chi connectivity index (χ1n) is 6.69. The Balaban J connectivity index is 1.90. The van der Waals surface area contributed by atoms with Crippen molar-refractivity contribution >= 4 is 23.2 Å². The van der Waals surface area contributed by atoms with E-state index in [2.05, 4.69) is 10.6 Å². The van der Waals surface area contributed by atoms with Crippen LogP contribution >= 0.6 is 11.6 Å². The van der Waals surface area contributed by atoms with Crippen LogP contribution in [0.4, 0.5) is 14.5 Å². The van der Waals surface area contributed by atoms with Crippen molar-refractivity contribution in [3.8, 4) is 0 Å². The van der Waals surface area contributed by atoms with E-state index in [-0.39, 0.29) is 18.3 Å². The third-order valence-electron chi connectivity index (χ3n) is 3.12. The van der Waals surface area contributed by atoms with Gasteiger partial charge in [-0.25, -0.2) is 8.78 Å². The second kappa shape index (κ2) is 7.33. The number of carbonyl (C=O) groups is 1. The highest BCUT2D eigenvalue weighted by Gasteiger charge is 2.10. The van der Waals surface area contributed by atoms with Crippen molar-refractivity contribution in [3.05, 3.63) is 64.7 Å². The summed E-state index contributed by atoms with van der Waals surface area (Å²) in [7, 11) is 0. The van der Waals surface area contributed by atoms with Crippen molar-refractivity contribution in [3.63, 3.8) is 0 Å². The molecule has 0 heterocycles. The van der Waals surface area contributed by atoms with Crippen LogP contribution < -0.4 is 10.6 Å². The van der Waals surface area contributed by atoms with Crippen molar-refractivity contribution in [2.45, 2.75) is 13.0 Å². The molecule has 3 nitrogen and oxygen atoms in total. The van der Waals surface area contributed by atoms with E-state index in [1.165, 1.54) is 6.07 Å². The third kappa shape index (κ3) is 4.51. The highest BCUT2D eigenvalue weighted by molar-refractivity contribution is 6.30. The van der Waals surface area contributed by atoms with E-state index in [4.69, 9.17) is 11.6 Å². The number of benzene rings is 2. The molecule has 0 aliphatic heterocycles. The molecule has 2 N–H and O–H groups in total. The zero-order valence-corrected chi connectivity index (χ0v) is 12.6. The van der Waals surface area contributed by atoms with Crippen LogP contribution in [0.1, 0.15) is 18.5 Å². The van der Waals surface area contributed by atoms with Gasteiger partial charge in [-0.15, -0.1) is 0 Å². The first kappa shape index (κ1) is 16.4. The molecule has 0 saturated heterocycles. The lowest BCUT2D eigenvalue weighted by Crippen LogP contribution is -2.30. The van der Waals surface area contributed by atoms with Gasteiger partial charge in [-0.05, 0) is 36.8 Å². The summed E-state index contributed by atoms with van der Waals surface area (Å²) in [6.07, 6.45) is 0. The molecule has 2 aromatic rings. The van der Waals surface area contributed by atoms with Crippen LogP contribution in [0.5, 0.6) is 0 Å². The Morgan fingerprint density at radius 2 is 2.00 bits per heavy atom. The average Bonchev–Trinajstić information content (AvgIpc) is 2.47. The number of amides is 1. The van der Waals surface area contributed by atoms with Crippen molar-refractivity contribution in [1.82, 2.24) is 5.32 Å². The Kier molecular flexibility index (Phi) is 5.46. The minimum absolute atomic E-state index is 0.00943. The van der Waals surface area contributed by atoms with Crippen molar-refractivity contribution in [1.29, 1.82) is 0 Å². The molecule has 0 saturated carbocycles. The smallest absolute Gasteiger partial charge is 0.238 e. The molecule has 0 radical (unpaired) electrons. The number of halogens is 3. The monoisotopic (exact) mass is 324 g/mol.